The Kier molecular flexibility index (Phi) is 7.93. The molecule has 1 heterocycles. The number of halogens is 1. The molecular formula is C11H23ClN6O2. The maximum Gasteiger partial charge on any atom is 0.240 e. The van der Waals surface area contributed by atoms with Gasteiger partial charge in [0.05, 0.1) is 6.04 Å². The number of aliphatic imine (C=N–C) groups is 1. The van der Waals surface area contributed by atoms with Crippen molar-refractivity contribution >= 4 is 30.2 Å². The lowest BCUT2D eigenvalue weighted by atomic mass is 10.1. The average Bonchev–Trinajstić information content (AvgIpc) is 2.82. The van der Waals surface area contributed by atoms with Crippen LogP contribution in [0.25, 0.3) is 0 Å². The van der Waals surface area contributed by atoms with Crippen LogP contribution in [0.15, 0.2) is 4.99 Å². The second-order valence-electron chi connectivity index (χ2n) is 4.65. The summed E-state index contributed by atoms with van der Waals surface area (Å²) in [5, 5.41) is 0. The summed E-state index contributed by atoms with van der Waals surface area (Å²) in [6.45, 7) is 0.969. The molecule has 20 heavy (non-hydrogen) atoms. The molecular weight excluding hydrogens is 284 g/mol. The third-order valence-corrected chi connectivity index (χ3v) is 3.15. The normalized spacial score (nSPS) is 19.1. The topological polar surface area (TPSA) is 154 Å². The van der Waals surface area contributed by atoms with E-state index in [9.17, 15) is 9.59 Å². The van der Waals surface area contributed by atoms with E-state index < -0.39 is 18.0 Å². The quantitative estimate of drug-likeness (QED) is 0.261. The average molecular weight is 307 g/mol. The van der Waals surface area contributed by atoms with E-state index in [-0.39, 0.29) is 24.3 Å². The molecule has 9 heteroatoms. The van der Waals surface area contributed by atoms with Crippen LogP contribution in [0.1, 0.15) is 25.7 Å². The summed E-state index contributed by atoms with van der Waals surface area (Å²) in [5.41, 5.74) is 21.5. The molecule has 0 saturated carbocycles. The lowest BCUT2D eigenvalue weighted by Gasteiger charge is -2.25. The van der Waals surface area contributed by atoms with Gasteiger partial charge in [-0.25, -0.2) is 0 Å². The van der Waals surface area contributed by atoms with E-state index in [1.54, 1.807) is 0 Å². The summed E-state index contributed by atoms with van der Waals surface area (Å²) in [7, 11) is 0. The highest BCUT2D eigenvalue weighted by atomic mass is 35.5. The first-order chi connectivity index (χ1) is 8.93. The maximum atomic E-state index is 12.1. The number of hydrogen-bond donors (Lipinski definition) is 4. The molecule has 0 bridgehead atoms. The maximum absolute atomic E-state index is 12.1. The van der Waals surface area contributed by atoms with Crippen LogP contribution in [0, 0.1) is 0 Å². The minimum Gasteiger partial charge on any atom is -0.370 e. The largest absolute Gasteiger partial charge is 0.370 e. The molecule has 116 valence electrons. The van der Waals surface area contributed by atoms with Crippen molar-refractivity contribution in [3.05, 3.63) is 0 Å². The number of nitrogens with two attached hydrogens (primary N) is 4. The first-order valence-corrected chi connectivity index (χ1v) is 6.34. The number of hydrogen-bond acceptors (Lipinski definition) is 4. The van der Waals surface area contributed by atoms with E-state index in [0.717, 1.165) is 6.42 Å². The number of rotatable bonds is 6. The van der Waals surface area contributed by atoms with E-state index in [4.69, 9.17) is 22.9 Å². The van der Waals surface area contributed by atoms with Crippen molar-refractivity contribution in [1.29, 1.82) is 0 Å². The zero-order chi connectivity index (χ0) is 14.4. The van der Waals surface area contributed by atoms with Crippen LogP contribution in [0.5, 0.6) is 0 Å². The van der Waals surface area contributed by atoms with Gasteiger partial charge in [-0.2, -0.15) is 0 Å². The molecule has 0 aromatic heterocycles. The molecule has 1 saturated heterocycles. The lowest BCUT2D eigenvalue weighted by Crippen LogP contribution is -2.50. The summed E-state index contributed by atoms with van der Waals surface area (Å²) >= 11 is 0. The Labute approximate surface area is 124 Å². The molecule has 0 aromatic carbocycles. The number of primary amides is 1. The molecule has 8 nitrogen and oxygen atoms in total. The molecule has 0 spiro atoms. The highest BCUT2D eigenvalue weighted by molar-refractivity contribution is 5.89. The second-order valence-corrected chi connectivity index (χ2v) is 4.65. The SMILES string of the molecule is Cl.NC(=O)[C@@H]1CCCN1C(=O)[C@@H](N)CCCN=C(N)N. The van der Waals surface area contributed by atoms with Crippen LogP contribution in [0.2, 0.25) is 0 Å². The van der Waals surface area contributed by atoms with Crippen molar-refractivity contribution in [3.8, 4) is 0 Å². The first-order valence-electron chi connectivity index (χ1n) is 6.34. The van der Waals surface area contributed by atoms with Gasteiger partial charge in [0.2, 0.25) is 11.8 Å². The first kappa shape index (κ1) is 18.5. The molecule has 0 aromatic rings. The van der Waals surface area contributed by atoms with E-state index in [0.29, 0.717) is 32.4 Å². The van der Waals surface area contributed by atoms with Gasteiger partial charge in [-0.05, 0) is 25.7 Å². The summed E-state index contributed by atoms with van der Waals surface area (Å²) < 4.78 is 0. The summed E-state index contributed by atoms with van der Waals surface area (Å²) in [6, 6.07) is -1.16. The van der Waals surface area contributed by atoms with Gasteiger partial charge < -0.3 is 27.8 Å². The van der Waals surface area contributed by atoms with E-state index in [2.05, 4.69) is 4.99 Å². The highest BCUT2D eigenvalue weighted by Crippen LogP contribution is 2.18. The highest BCUT2D eigenvalue weighted by Gasteiger charge is 2.34. The van der Waals surface area contributed by atoms with Crippen molar-refractivity contribution in [2.24, 2.45) is 27.9 Å². The molecule has 1 aliphatic rings. The molecule has 0 aliphatic carbocycles. The van der Waals surface area contributed by atoms with Crippen molar-refractivity contribution in [2.75, 3.05) is 13.1 Å². The van der Waals surface area contributed by atoms with Gasteiger partial charge in [0.15, 0.2) is 5.96 Å². The third kappa shape index (κ3) is 5.22. The Morgan fingerprint density at radius 2 is 1.95 bits per heavy atom. The van der Waals surface area contributed by atoms with Crippen LogP contribution < -0.4 is 22.9 Å². The number of carbonyl (C=O) groups excluding carboxylic acids is 2. The van der Waals surface area contributed by atoms with Gasteiger partial charge in [-0.15, -0.1) is 12.4 Å². The minimum atomic E-state index is -0.644. The van der Waals surface area contributed by atoms with Crippen molar-refractivity contribution in [3.63, 3.8) is 0 Å². The van der Waals surface area contributed by atoms with Crippen molar-refractivity contribution < 1.29 is 9.59 Å². The van der Waals surface area contributed by atoms with Crippen LogP contribution in [0.4, 0.5) is 0 Å². The van der Waals surface area contributed by atoms with Crippen molar-refractivity contribution in [1.82, 2.24) is 4.90 Å². The fourth-order valence-corrected chi connectivity index (χ4v) is 2.18. The second kappa shape index (κ2) is 8.60. The fourth-order valence-electron chi connectivity index (χ4n) is 2.18. The standard InChI is InChI=1S/C11H22N6O2.ClH/c12-7(3-1-5-16-11(14)15)10(19)17-6-2-4-8(17)9(13)18;/h7-8H,1-6,12H2,(H2,13,18)(H4,14,15,16);1H/t7-,8-;/m0./s1. The molecule has 2 amide bonds. The van der Waals surface area contributed by atoms with Gasteiger partial charge in [-0.3, -0.25) is 14.6 Å². The van der Waals surface area contributed by atoms with Crippen LogP contribution >= 0.6 is 12.4 Å². The van der Waals surface area contributed by atoms with Crippen LogP contribution in [-0.2, 0) is 9.59 Å². The Hall–Kier alpha value is -1.54. The van der Waals surface area contributed by atoms with E-state index in [1.165, 1.54) is 4.90 Å². The summed E-state index contributed by atoms with van der Waals surface area (Å²) in [6.07, 6.45) is 2.47. The Morgan fingerprint density at radius 3 is 2.50 bits per heavy atom. The minimum absolute atomic E-state index is 0. The van der Waals surface area contributed by atoms with E-state index in [1.807, 2.05) is 0 Å². The molecule has 1 aliphatic heterocycles. The molecule has 1 fully saturated rings. The van der Waals surface area contributed by atoms with Crippen LogP contribution in [0.3, 0.4) is 0 Å². The smallest absolute Gasteiger partial charge is 0.240 e. The number of likely N-dealkylation sites (tertiary alicyclic amines) is 1. The van der Waals surface area contributed by atoms with Gasteiger partial charge >= 0.3 is 0 Å². The Morgan fingerprint density at radius 1 is 1.30 bits per heavy atom. The molecule has 8 N–H and O–H groups in total. The molecule has 0 unspecified atom stereocenters. The zero-order valence-corrected chi connectivity index (χ0v) is 12.1. The Balaban J connectivity index is 0.00000361. The zero-order valence-electron chi connectivity index (χ0n) is 11.3. The van der Waals surface area contributed by atoms with Gasteiger partial charge in [-0.1, -0.05) is 0 Å². The molecule has 2 atom stereocenters. The van der Waals surface area contributed by atoms with Crippen LogP contribution in [-0.4, -0.2) is 47.8 Å². The van der Waals surface area contributed by atoms with E-state index >= 15 is 0 Å². The number of guanidine groups is 1. The fraction of sp³-hybridized carbons (Fsp3) is 0.727. The Bertz CT molecular complexity index is 372. The van der Waals surface area contributed by atoms with Gasteiger partial charge in [0, 0.05) is 13.1 Å². The number of amides is 2. The number of carbonyl (C=O) groups is 2. The third-order valence-electron chi connectivity index (χ3n) is 3.15. The van der Waals surface area contributed by atoms with Crippen molar-refractivity contribution in [2.45, 2.75) is 37.8 Å². The summed E-state index contributed by atoms with van der Waals surface area (Å²) in [4.78, 5) is 28.6. The lowest BCUT2D eigenvalue weighted by molar-refractivity contribution is -0.138. The predicted molar refractivity (Wildman–Crippen MR) is 79.1 cm³/mol. The van der Waals surface area contributed by atoms with Gasteiger partial charge in [0.25, 0.3) is 0 Å². The molecule has 1 rings (SSSR count). The monoisotopic (exact) mass is 306 g/mol. The molecule has 0 radical (unpaired) electrons. The van der Waals surface area contributed by atoms with Gasteiger partial charge in [0.1, 0.15) is 6.04 Å². The number of nitrogens with zero attached hydrogens (tertiary/aromatic N) is 2. The summed E-state index contributed by atoms with van der Waals surface area (Å²) in [5.74, 6) is -0.683. The predicted octanol–water partition coefficient (Wildman–Crippen LogP) is -1.73.